The third-order valence-electron chi connectivity index (χ3n) is 4.75. The van der Waals surface area contributed by atoms with Crippen molar-refractivity contribution in [1.82, 2.24) is 9.88 Å². The van der Waals surface area contributed by atoms with Crippen molar-refractivity contribution in [2.75, 3.05) is 18.4 Å². The van der Waals surface area contributed by atoms with Gasteiger partial charge < -0.3 is 10.2 Å². The van der Waals surface area contributed by atoms with Crippen LogP contribution in [0.4, 0.5) is 5.69 Å². The molecule has 1 aliphatic rings. The fourth-order valence-corrected chi connectivity index (χ4v) is 3.26. The molecule has 5 nitrogen and oxygen atoms in total. The fourth-order valence-electron chi connectivity index (χ4n) is 3.04. The van der Waals surface area contributed by atoms with Crippen molar-refractivity contribution >= 4 is 29.1 Å². The van der Waals surface area contributed by atoms with E-state index in [0.29, 0.717) is 27.8 Å². The number of hydrogen-bond acceptors (Lipinski definition) is 3. The van der Waals surface area contributed by atoms with E-state index in [2.05, 4.69) is 17.2 Å². The molecule has 1 saturated heterocycles. The van der Waals surface area contributed by atoms with Crippen molar-refractivity contribution in [3.63, 3.8) is 0 Å². The van der Waals surface area contributed by atoms with Crippen LogP contribution in [0.1, 0.15) is 46.0 Å². The highest BCUT2D eigenvalue weighted by Crippen LogP contribution is 2.21. The summed E-state index contributed by atoms with van der Waals surface area (Å²) < 4.78 is 0. The molecular weight excluding hydrogens is 350 g/mol. The largest absolute Gasteiger partial charge is 0.339 e. The van der Waals surface area contributed by atoms with Crippen LogP contribution in [0, 0.1) is 12.8 Å². The van der Waals surface area contributed by atoms with Crippen LogP contribution < -0.4 is 5.32 Å². The number of pyridine rings is 1. The SMILES string of the molecule is Cc1cc(Cl)ccc1NC(=O)c1cncc(C(=O)N2CCC(C)CC2)c1. The van der Waals surface area contributed by atoms with E-state index in [0.717, 1.165) is 31.5 Å². The maximum atomic E-state index is 12.7. The number of aryl methyl sites for hydroxylation is 1. The molecule has 0 atom stereocenters. The zero-order valence-electron chi connectivity index (χ0n) is 15.0. The molecular formula is C20H22ClN3O2. The number of amides is 2. The van der Waals surface area contributed by atoms with Crippen LogP contribution in [0.5, 0.6) is 0 Å². The van der Waals surface area contributed by atoms with E-state index in [1.807, 2.05) is 11.8 Å². The van der Waals surface area contributed by atoms with Crippen molar-refractivity contribution in [2.24, 2.45) is 5.92 Å². The molecule has 1 fully saturated rings. The molecule has 0 saturated carbocycles. The van der Waals surface area contributed by atoms with Gasteiger partial charge >= 0.3 is 0 Å². The number of halogens is 1. The Morgan fingerprint density at radius 3 is 2.54 bits per heavy atom. The van der Waals surface area contributed by atoms with Gasteiger partial charge in [0.2, 0.25) is 0 Å². The summed E-state index contributed by atoms with van der Waals surface area (Å²) in [7, 11) is 0. The maximum Gasteiger partial charge on any atom is 0.257 e. The number of anilines is 1. The number of piperidine rings is 1. The van der Waals surface area contributed by atoms with Gasteiger partial charge in [-0.3, -0.25) is 14.6 Å². The lowest BCUT2D eigenvalue weighted by molar-refractivity contribution is 0.0697. The van der Waals surface area contributed by atoms with Gasteiger partial charge in [-0.1, -0.05) is 18.5 Å². The van der Waals surface area contributed by atoms with Gasteiger partial charge in [-0.25, -0.2) is 0 Å². The van der Waals surface area contributed by atoms with E-state index < -0.39 is 0 Å². The molecule has 2 heterocycles. The highest BCUT2D eigenvalue weighted by molar-refractivity contribution is 6.30. The lowest BCUT2D eigenvalue weighted by Gasteiger charge is -2.30. The number of carbonyl (C=O) groups is 2. The Hall–Kier alpha value is -2.40. The van der Waals surface area contributed by atoms with Gasteiger partial charge in [-0.05, 0) is 55.5 Å². The number of hydrogen-bond donors (Lipinski definition) is 1. The summed E-state index contributed by atoms with van der Waals surface area (Å²) in [6.45, 7) is 5.57. The molecule has 0 radical (unpaired) electrons. The Labute approximate surface area is 158 Å². The monoisotopic (exact) mass is 371 g/mol. The number of benzene rings is 1. The molecule has 6 heteroatoms. The van der Waals surface area contributed by atoms with Crippen LogP contribution in [0.25, 0.3) is 0 Å². The van der Waals surface area contributed by atoms with Crippen LogP contribution in [0.2, 0.25) is 5.02 Å². The number of carbonyl (C=O) groups excluding carboxylic acids is 2. The summed E-state index contributed by atoms with van der Waals surface area (Å²) in [5.41, 5.74) is 2.35. The Kier molecular flexibility index (Phi) is 5.57. The van der Waals surface area contributed by atoms with Crippen LogP contribution in [-0.2, 0) is 0 Å². The quantitative estimate of drug-likeness (QED) is 0.880. The van der Waals surface area contributed by atoms with Crippen molar-refractivity contribution < 1.29 is 9.59 Å². The first-order valence-corrected chi connectivity index (χ1v) is 9.13. The Morgan fingerprint density at radius 2 is 1.85 bits per heavy atom. The van der Waals surface area contributed by atoms with E-state index in [4.69, 9.17) is 11.6 Å². The molecule has 1 aromatic carbocycles. The molecule has 2 amide bonds. The normalized spacial score (nSPS) is 15.0. The highest BCUT2D eigenvalue weighted by Gasteiger charge is 2.22. The van der Waals surface area contributed by atoms with Crippen LogP contribution >= 0.6 is 11.6 Å². The van der Waals surface area contributed by atoms with E-state index in [1.165, 1.54) is 12.4 Å². The van der Waals surface area contributed by atoms with Crippen molar-refractivity contribution in [3.8, 4) is 0 Å². The molecule has 0 unspecified atom stereocenters. The predicted molar refractivity (Wildman–Crippen MR) is 103 cm³/mol. The second-order valence-electron chi connectivity index (χ2n) is 6.85. The highest BCUT2D eigenvalue weighted by atomic mass is 35.5. The third kappa shape index (κ3) is 4.22. The molecule has 3 rings (SSSR count). The van der Waals surface area contributed by atoms with E-state index in [9.17, 15) is 9.59 Å². The van der Waals surface area contributed by atoms with Gasteiger partial charge in [0.05, 0.1) is 11.1 Å². The maximum absolute atomic E-state index is 12.7. The summed E-state index contributed by atoms with van der Waals surface area (Å²) in [6.07, 6.45) is 5.00. The van der Waals surface area contributed by atoms with Gasteiger partial charge in [0.25, 0.3) is 11.8 Å². The zero-order chi connectivity index (χ0) is 18.7. The first kappa shape index (κ1) is 18.4. The van der Waals surface area contributed by atoms with Gasteiger partial charge in [0, 0.05) is 36.2 Å². The van der Waals surface area contributed by atoms with Crippen LogP contribution in [0.15, 0.2) is 36.7 Å². The number of likely N-dealkylation sites (tertiary alicyclic amines) is 1. The van der Waals surface area contributed by atoms with E-state index in [1.54, 1.807) is 24.3 Å². The Balaban J connectivity index is 1.74. The third-order valence-corrected chi connectivity index (χ3v) is 4.99. The minimum atomic E-state index is -0.301. The first-order valence-electron chi connectivity index (χ1n) is 8.76. The molecule has 1 aromatic heterocycles. The average molecular weight is 372 g/mol. The standard InChI is InChI=1S/C20H22ClN3O2/c1-13-5-7-24(8-6-13)20(26)16-10-15(11-22-12-16)19(25)23-18-4-3-17(21)9-14(18)2/h3-4,9-13H,5-8H2,1-2H3,(H,23,25). The number of rotatable bonds is 3. The summed E-state index contributed by atoms with van der Waals surface area (Å²) in [5, 5.41) is 3.46. The summed E-state index contributed by atoms with van der Waals surface area (Å²) >= 11 is 5.94. The molecule has 0 aliphatic carbocycles. The minimum Gasteiger partial charge on any atom is -0.339 e. The summed E-state index contributed by atoms with van der Waals surface area (Å²) in [6, 6.07) is 6.87. The number of nitrogens with one attached hydrogen (secondary N) is 1. The molecule has 0 bridgehead atoms. The van der Waals surface area contributed by atoms with Gasteiger partial charge in [-0.2, -0.15) is 0 Å². The van der Waals surface area contributed by atoms with Crippen molar-refractivity contribution in [2.45, 2.75) is 26.7 Å². The zero-order valence-corrected chi connectivity index (χ0v) is 15.7. The summed E-state index contributed by atoms with van der Waals surface area (Å²) in [5.74, 6) is 0.281. The Morgan fingerprint density at radius 1 is 1.15 bits per heavy atom. The Bertz CT molecular complexity index is 830. The van der Waals surface area contributed by atoms with Gasteiger partial charge in [0.1, 0.15) is 0 Å². The molecule has 1 N–H and O–H groups in total. The lowest BCUT2D eigenvalue weighted by atomic mass is 9.98. The molecule has 0 spiro atoms. The lowest BCUT2D eigenvalue weighted by Crippen LogP contribution is -2.38. The van der Waals surface area contributed by atoms with Crippen molar-refractivity contribution in [3.05, 3.63) is 58.4 Å². The molecule has 26 heavy (non-hydrogen) atoms. The van der Waals surface area contributed by atoms with Crippen LogP contribution in [-0.4, -0.2) is 34.8 Å². The number of aromatic nitrogens is 1. The summed E-state index contributed by atoms with van der Waals surface area (Å²) in [4.78, 5) is 31.1. The van der Waals surface area contributed by atoms with E-state index >= 15 is 0 Å². The second-order valence-corrected chi connectivity index (χ2v) is 7.29. The fraction of sp³-hybridized carbons (Fsp3) is 0.350. The number of nitrogens with zero attached hydrogens (tertiary/aromatic N) is 2. The molecule has 2 aromatic rings. The smallest absolute Gasteiger partial charge is 0.257 e. The molecule has 136 valence electrons. The average Bonchev–Trinajstić information content (AvgIpc) is 2.64. The van der Waals surface area contributed by atoms with Crippen LogP contribution in [0.3, 0.4) is 0 Å². The molecule has 1 aliphatic heterocycles. The minimum absolute atomic E-state index is 0.0678. The van der Waals surface area contributed by atoms with E-state index in [-0.39, 0.29) is 11.8 Å². The predicted octanol–water partition coefficient (Wildman–Crippen LogP) is 4.17. The second kappa shape index (κ2) is 7.87. The topological polar surface area (TPSA) is 62.3 Å². The van der Waals surface area contributed by atoms with Gasteiger partial charge in [0.15, 0.2) is 0 Å². The van der Waals surface area contributed by atoms with Crippen molar-refractivity contribution in [1.29, 1.82) is 0 Å². The first-order chi connectivity index (χ1) is 12.4. The van der Waals surface area contributed by atoms with Gasteiger partial charge in [-0.15, -0.1) is 0 Å².